The number of ether oxygens (including phenoxy) is 3. The number of nitrogens with zero attached hydrogens (tertiary/aromatic N) is 1. The van der Waals surface area contributed by atoms with Crippen molar-refractivity contribution >= 4 is 39.8 Å². The largest absolute Gasteiger partial charge is 0.460 e. The normalized spacial score (nSPS) is 30.4. The summed E-state index contributed by atoms with van der Waals surface area (Å²) in [5.74, 6) is -3.16. The minimum Gasteiger partial charge on any atom is -0.460 e. The van der Waals surface area contributed by atoms with Crippen molar-refractivity contribution in [1.29, 1.82) is 0 Å². The molecule has 0 spiro atoms. The van der Waals surface area contributed by atoms with Gasteiger partial charge in [-0.05, 0) is 73.6 Å². The van der Waals surface area contributed by atoms with Crippen LogP contribution in [-0.2, 0) is 43.4 Å². The van der Waals surface area contributed by atoms with E-state index in [0.717, 1.165) is 0 Å². The predicted octanol–water partition coefficient (Wildman–Crippen LogP) is 1.29. The lowest BCUT2D eigenvalue weighted by atomic mass is 9.97. The highest BCUT2D eigenvalue weighted by atomic mass is 32.2. The minimum atomic E-state index is -3.90. The van der Waals surface area contributed by atoms with E-state index in [4.69, 9.17) is 14.2 Å². The van der Waals surface area contributed by atoms with Crippen molar-refractivity contribution < 1.29 is 46.6 Å². The fourth-order valence-electron chi connectivity index (χ4n) is 5.34. The van der Waals surface area contributed by atoms with E-state index in [1.807, 2.05) is 0 Å². The van der Waals surface area contributed by atoms with Crippen molar-refractivity contribution in [2.24, 2.45) is 11.3 Å². The first-order valence-corrected chi connectivity index (χ1v) is 17.0. The molecule has 4 aliphatic rings. The van der Waals surface area contributed by atoms with E-state index in [-0.39, 0.29) is 39.0 Å². The monoisotopic (exact) mass is 654 g/mol. The van der Waals surface area contributed by atoms with Crippen molar-refractivity contribution in [1.82, 2.24) is 20.3 Å². The maximum Gasteiger partial charge on any atom is 0.408 e. The molecule has 2 aliphatic carbocycles. The molecule has 0 aromatic rings. The van der Waals surface area contributed by atoms with Gasteiger partial charge in [0.1, 0.15) is 29.3 Å². The summed E-state index contributed by atoms with van der Waals surface area (Å²) in [6.45, 7) is 10.4. The Hall–Kier alpha value is -3.20. The summed E-state index contributed by atoms with van der Waals surface area (Å²) < 4.78 is 44.1. The van der Waals surface area contributed by atoms with E-state index >= 15 is 0 Å². The van der Waals surface area contributed by atoms with Crippen LogP contribution in [0.15, 0.2) is 12.2 Å². The number of hydrogen-bond donors (Lipinski definition) is 3. The topological polar surface area (TPSA) is 187 Å². The fraction of sp³-hybridized carbons (Fsp3) is 0.767. The van der Waals surface area contributed by atoms with Gasteiger partial charge in [-0.2, -0.15) is 0 Å². The number of rotatable bonds is 5. The van der Waals surface area contributed by atoms with Gasteiger partial charge in [0, 0.05) is 18.9 Å². The Labute approximate surface area is 264 Å². The zero-order valence-electron chi connectivity index (χ0n) is 26.8. The maximum atomic E-state index is 14.0. The second-order valence-corrected chi connectivity index (χ2v) is 16.3. The Morgan fingerprint density at radius 1 is 1.09 bits per heavy atom. The SMILES string of the molecule is CC(C)(C)OC(=O)N[C@@H]1CCCOC/C=C\C2CC2(C(=O)NS(=O)(=O)C2CC2)NC(=O)C2C[C@@H](OC(=O)C(C)(C)C)CN2C1=O. The summed E-state index contributed by atoms with van der Waals surface area (Å²) in [5, 5.41) is 4.72. The van der Waals surface area contributed by atoms with Crippen molar-refractivity contribution in [3.05, 3.63) is 12.2 Å². The molecular formula is C30H46N4O10S. The van der Waals surface area contributed by atoms with Crippen LogP contribution < -0.4 is 15.4 Å². The summed E-state index contributed by atoms with van der Waals surface area (Å²) in [6.07, 6.45) is 3.32. The number of sulfonamides is 1. The van der Waals surface area contributed by atoms with E-state index in [1.54, 1.807) is 53.7 Å². The summed E-state index contributed by atoms with van der Waals surface area (Å²) in [5.41, 5.74) is -3.22. The Morgan fingerprint density at radius 3 is 2.40 bits per heavy atom. The van der Waals surface area contributed by atoms with Gasteiger partial charge >= 0.3 is 12.1 Å². The highest BCUT2D eigenvalue weighted by molar-refractivity contribution is 7.91. The van der Waals surface area contributed by atoms with E-state index < -0.39 is 85.7 Å². The molecule has 0 bridgehead atoms. The van der Waals surface area contributed by atoms with Gasteiger partial charge in [0.25, 0.3) is 5.91 Å². The number of hydrogen-bond acceptors (Lipinski definition) is 10. The first-order valence-electron chi connectivity index (χ1n) is 15.5. The lowest BCUT2D eigenvalue weighted by Crippen LogP contribution is -2.58. The molecular weight excluding hydrogens is 608 g/mol. The molecule has 4 amide bonds. The summed E-state index contributed by atoms with van der Waals surface area (Å²) in [4.78, 5) is 68.1. The molecule has 3 N–H and O–H groups in total. The molecule has 1 saturated heterocycles. The van der Waals surface area contributed by atoms with Gasteiger partial charge in [0.2, 0.25) is 21.8 Å². The van der Waals surface area contributed by atoms with E-state index in [9.17, 15) is 32.4 Å². The smallest absolute Gasteiger partial charge is 0.408 e. The van der Waals surface area contributed by atoms with Crippen molar-refractivity contribution in [2.45, 2.75) is 115 Å². The Bertz CT molecular complexity index is 1330. The molecule has 3 unspecified atom stereocenters. The van der Waals surface area contributed by atoms with Crippen LogP contribution >= 0.6 is 0 Å². The van der Waals surface area contributed by atoms with Crippen LogP contribution in [-0.4, -0.2) is 97.4 Å². The quantitative estimate of drug-likeness (QED) is 0.288. The summed E-state index contributed by atoms with van der Waals surface area (Å²) in [6, 6.07) is -2.26. The second-order valence-electron chi connectivity index (χ2n) is 14.3. The number of carbonyl (C=O) groups excluding carboxylic acids is 5. The molecule has 2 aliphatic heterocycles. The maximum absolute atomic E-state index is 14.0. The average Bonchev–Trinajstić information content (AvgIpc) is 3.82. The summed E-state index contributed by atoms with van der Waals surface area (Å²) >= 11 is 0. The van der Waals surface area contributed by atoms with Crippen molar-refractivity contribution in [3.8, 4) is 0 Å². The third kappa shape index (κ3) is 8.75. The number of nitrogens with one attached hydrogen (secondary N) is 3. The van der Waals surface area contributed by atoms with Crippen LogP contribution in [0.1, 0.15) is 80.1 Å². The van der Waals surface area contributed by atoms with Gasteiger partial charge < -0.3 is 29.7 Å². The highest BCUT2D eigenvalue weighted by Gasteiger charge is 2.62. The molecule has 2 saturated carbocycles. The molecule has 252 valence electrons. The molecule has 14 nitrogen and oxygen atoms in total. The zero-order valence-corrected chi connectivity index (χ0v) is 27.7. The van der Waals surface area contributed by atoms with Crippen LogP contribution in [0.4, 0.5) is 4.79 Å². The van der Waals surface area contributed by atoms with Gasteiger partial charge in [-0.1, -0.05) is 12.2 Å². The lowest BCUT2D eigenvalue weighted by Gasteiger charge is -2.30. The van der Waals surface area contributed by atoms with E-state index in [1.165, 1.54) is 4.90 Å². The van der Waals surface area contributed by atoms with E-state index in [0.29, 0.717) is 19.3 Å². The standard InChI is InChI=1S/C30H46N4O10S/c1-28(2,3)26(38)43-19-15-22-23(35)32-30(25(37)33-45(40,41)20-11-12-20)16-18(30)9-7-13-42-14-8-10-21(24(36)34(22)17-19)31-27(39)44-29(4,5)6/h7,9,18-22H,8,10-17H2,1-6H3,(H,31,39)(H,32,35)(H,33,37)/b9-7-/t18?,19-,21-,22?,30?/m1/s1. The Morgan fingerprint density at radius 2 is 1.78 bits per heavy atom. The number of fused-ring (bicyclic) bond motifs is 2. The molecule has 0 aromatic carbocycles. The van der Waals surface area contributed by atoms with Gasteiger partial charge in [-0.25, -0.2) is 13.2 Å². The first-order chi connectivity index (χ1) is 20.8. The minimum absolute atomic E-state index is 0.0553. The molecule has 45 heavy (non-hydrogen) atoms. The first kappa shape index (κ1) is 34.7. The van der Waals surface area contributed by atoms with Crippen molar-refractivity contribution in [3.63, 3.8) is 0 Å². The molecule has 3 fully saturated rings. The zero-order chi connectivity index (χ0) is 33.4. The van der Waals surface area contributed by atoms with Gasteiger partial charge in [0.15, 0.2) is 0 Å². The lowest BCUT2D eigenvalue weighted by molar-refractivity contribution is -0.158. The predicted molar refractivity (Wildman–Crippen MR) is 161 cm³/mol. The average molecular weight is 655 g/mol. The third-order valence-corrected chi connectivity index (χ3v) is 9.87. The summed E-state index contributed by atoms with van der Waals surface area (Å²) in [7, 11) is -3.90. The van der Waals surface area contributed by atoms with Gasteiger partial charge in [-0.15, -0.1) is 0 Å². The number of carbonyl (C=O) groups is 5. The molecule has 2 heterocycles. The van der Waals surface area contributed by atoms with Crippen LogP contribution in [0.3, 0.4) is 0 Å². The molecule has 15 heteroatoms. The molecule has 0 aromatic heterocycles. The fourth-order valence-corrected chi connectivity index (χ4v) is 6.70. The number of esters is 1. The van der Waals surface area contributed by atoms with E-state index in [2.05, 4.69) is 15.4 Å². The molecule has 4 rings (SSSR count). The molecule has 5 atom stereocenters. The number of alkyl carbamates (subject to hydrolysis) is 1. The van der Waals surface area contributed by atoms with Crippen LogP contribution in [0.5, 0.6) is 0 Å². The van der Waals surface area contributed by atoms with Crippen LogP contribution in [0.25, 0.3) is 0 Å². The van der Waals surface area contributed by atoms with Crippen LogP contribution in [0, 0.1) is 11.3 Å². The molecule has 0 radical (unpaired) electrons. The van der Waals surface area contributed by atoms with Crippen molar-refractivity contribution in [2.75, 3.05) is 19.8 Å². The second kappa shape index (κ2) is 12.9. The van der Waals surface area contributed by atoms with Crippen LogP contribution in [0.2, 0.25) is 0 Å². The van der Waals surface area contributed by atoms with Gasteiger partial charge in [-0.3, -0.25) is 23.9 Å². The Balaban J connectivity index is 1.63. The third-order valence-electron chi connectivity index (χ3n) is 8.05. The van der Waals surface area contributed by atoms with Gasteiger partial charge in [0.05, 0.1) is 23.8 Å². The highest BCUT2D eigenvalue weighted by Crippen LogP contribution is 2.46. The number of amides is 4. The Kier molecular flexibility index (Phi) is 9.93.